The number of hydrogen-bond acceptors (Lipinski definition) is 7. The molecule has 5 atom stereocenters. The van der Waals surface area contributed by atoms with Gasteiger partial charge in [0.1, 0.15) is 10.8 Å². The molecule has 3 aromatic rings. The number of aliphatic hydroxyl groups excluding tert-OH is 2. The summed E-state index contributed by atoms with van der Waals surface area (Å²) in [5.74, 6) is 0.598. The number of aliphatic hydroxyl groups is 2. The number of rotatable bonds is 7. The Hall–Kier alpha value is -2.81. The van der Waals surface area contributed by atoms with Crippen molar-refractivity contribution in [1.82, 2.24) is 15.3 Å². The van der Waals surface area contributed by atoms with Crippen LogP contribution in [-0.2, 0) is 17.8 Å². The zero-order chi connectivity index (χ0) is 26.2. The number of carbonyl (C=O) groups excluding carboxylic acids is 1. The summed E-state index contributed by atoms with van der Waals surface area (Å²) in [7, 11) is 1.63. The SMILES string of the molecule is COc1ccccc1CNC(=O)CC1c2nc(-c3cccnc3)sc2CC2C(C)(CO)C(O)CCC12C. The van der Waals surface area contributed by atoms with E-state index in [9.17, 15) is 15.0 Å². The first-order chi connectivity index (χ1) is 17.8. The first-order valence-corrected chi connectivity index (χ1v) is 13.7. The van der Waals surface area contributed by atoms with Crippen molar-refractivity contribution in [1.29, 1.82) is 0 Å². The summed E-state index contributed by atoms with van der Waals surface area (Å²) in [6, 6.07) is 11.6. The molecule has 5 rings (SSSR count). The highest BCUT2D eigenvalue weighted by molar-refractivity contribution is 7.15. The standard InChI is InChI=1S/C29H35N3O4S/c1-28-11-10-24(34)29(2,17-33)23(28)14-22-26(32-27(37-22)19-8-6-12-30-15-19)20(28)13-25(35)31-16-18-7-4-5-9-21(18)36-3/h4-9,12,15,20,23-24,33-34H,10-11,13-14,16-17H2,1-3H3,(H,31,35). The number of para-hydroxylation sites is 1. The van der Waals surface area contributed by atoms with Crippen molar-refractivity contribution in [2.75, 3.05) is 13.7 Å². The van der Waals surface area contributed by atoms with Crippen LogP contribution in [0.1, 0.15) is 55.2 Å². The van der Waals surface area contributed by atoms with Gasteiger partial charge in [-0.25, -0.2) is 4.98 Å². The van der Waals surface area contributed by atoms with E-state index in [2.05, 4.69) is 17.2 Å². The minimum absolute atomic E-state index is 0.0236. The molecule has 196 valence electrons. The number of aromatic nitrogens is 2. The Labute approximate surface area is 222 Å². The molecule has 2 aromatic heterocycles. The molecule has 3 N–H and O–H groups in total. The molecule has 2 aliphatic rings. The quantitative estimate of drug-likeness (QED) is 0.427. The fourth-order valence-electron chi connectivity index (χ4n) is 6.56. The molecular weight excluding hydrogens is 486 g/mol. The molecule has 0 spiro atoms. The van der Waals surface area contributed by atoms with E-state index in [1.807, 2.05) is 49.5 Å². The van der Waals surface area contributed by atoms with Crippen molar-refractivity contribution in [2.45, 2.75) is 58.1 Å². The number of pyridine rings is 1. The topological polar surface area (TPSA) is 105 Å². The van der Waals surface area contributed by atoms with Crippen molar-refractivity contribution in [2.24, 2.45) is 16.7 Å². The number of benzene rings is 1. The van der Waals surface area contributed by atoms with Gasteiger partial charge >= 0.3 is 0 Å². The first-order valence-electron chi connectivity index (χ1n) is 12.9. The highest BCUT2D eigenvalue weighted by atomic mass is 32.1. The van der Waals surface area contributed by atoms with Gasteiger partial charge in [-0.3, -0.25) is 9.78 Å². The van der Waals surface area contributed by atoms with Crippen LogP contribution in [-0.4, -0.2) is 45.9 Å². The van der Waals surface area contributed by atoms with Crippen molar-refractivity contribution in [3.8, 4) is 16.3 Å². The Morgan fingerprint density at radius 3 is 2.78 bits per heavy atom. The second-order valence-corrected chi connectivity index (χ2v) is 12.0. The van der Waals surface area contributed by atoms with Crippen LogP contribution in [0.25, 0.3) is 10.6 Å². The molecule has 1 saturated carbocycles. The maximum Gasteiger partial charge on any atom is 0.220 e. The van der Waals surface area contributed by atoms with Crippen molar-refractivity contribution < 1.29 is 19.7 Å². The van der Waals surface area contributed by atoms with Crippen LogP contribution in [0.5, 0.6) is 5.75 Å². The third kappa shape index (κ3) is 4.56. The minimum Gasteiger partial charge on any atom is -0.496 e. The van der Waals surface area contributed by atoms with Crippen LogP contribution in [0.3, 0.4) is 0 Å². The van der Waals surface area contributed by atoms with Crippen molar-refractivity contribution in [3.05, 3.63) is 64.9 Å². The van der Waals surface area contributed by atoms with Gasteiger partial charge in [-0.2, -0.15) is 0 Å². The van der Waals surface area contributed by atoms with Gasteiger partial charge in [-0.15, -0.1) is 11.3 Å². The van der Waals surface area contributed by atoms with E-state index in [-0.39, 0.29) is 29.8 Å². The maximum absolute atomic E-state index is 13.4. The number of ether oxygens (including phenoxy) is 1. The van der Waals surface area contributed by atoms with Crippen molar-refractivity contribution in [3.63, 3.8) is 0 Å². The fourth-order valence-corrected chi connectivity index (χ4v) is 7.72. The lowest BCUT2D eigenvalue weighted by atomic mass is 9.47. The van der Waals surface area contributed by atoms with Gasteiger partial charge in [0.05, 0.1) is 25.5 Å². The van der Waals surface area contributed by atoms with Crippen LogP contribution >= 0.6 is 11.3 Å². The Bertz CT molecular complexity index is 1270. The molecule has 0 aliphatic heterocycles. The Kier molecular flexibility index (Phi) is 7.09. The van der Waals surface area contributed by atoms with E-state index in [1.54, 1.807) is 24.6 Å². The zero-order valence-electron chi connectivity index (χ0n) is 21.6. The maximum atomic E-state index is 13.4. The number of carbonyl (C=O) groups is 1. The highest BCUT2D eigenvalue weighted by Crippen LogP contribution is 2.62. The molecule has 2 aliphatic carbocycles. The van der Waals surface area contributed by atoms with Crippen molar-refractivity contribution >= 4 is 17.2 Å². The van der Waals surface area contributed by atoms with E-state index in [1.165, 1.54) is 0 Å². The molecule has 2 heterocycles. The second-order valence-electron chi connectivity index (χ2n) is 10.9. The summed E-state index contributed by atoms with van der Waals surface area (Å²) in [4.78, 5) is 23.9. The summed E-state index contributed by atoms with van der Waals surface area (Å²) < 4.78 is 5.44. The monoisotopic (exact) mass is 521 g/mol. The molecule has 1 aromatic carbocycles. The smallest absolute Gasteiger partial charge is 0.220 e. The van der Waals surface area contributed by atoms with Gasteiger partial charge in [0, 0.05) is 52.7 Å². The fraction of sp³-hybridized carbons (Fsp3) is 0.483. The molecule has 37 heavy (non-hydrogen) atoms. The Morgan fingerprint density at radius 1 is 1.24 bits per heavy atom. The number of fused-ring (bicyclic) bond motifs is 2. The Balaban J connectivity index is 1.48. The van der Waals surface area contributed by atoms with Gasteiger partial charge in [0.15, 0.2) is 0 Å². The third-order valence-electron chi connectivity index (χ3n) is 8.86. The summed E-state index contributed by atoms with van der Waals surface area (Å²) >= 11 is 1.64. The normalized spacial score (nSPS) is 28.7. The summed E-state index contributed by atoms with van der Waals surface area (Å²) in [5, 5.41) is 25.4. The summed E-state index contributed by atoms with van der Waals surface area (Å²) in [5.41, 5.74) is 1.93. The number of amides is 1. The second kappa shape index (κ2) is 10.2. The van der Waals surface area contributed by atoms with Gasteiger partial charge < -0.3 is 20.3 Å². The third-order valence-corrected chi connectivity index (χ3v) is 10.0. The van der Waals surface area contributed by atoms with Gasteiger partial charge in [0.25, 0.3) is 0 Å². The van der Waals surface area contributed by atoms with E-state index >= 15 is 0 Å². The lowest BCUT2D eigenvalue weighted by Gasteiger charge is -2.58. The van der Waals surface area contributed by atoms with Crippen LogP contribution < -0.4 is 10.1 Å². The molecule has 1 fully saturated rings. The molecule has 5 unspecified atom stereocenters. The van der Waals surface area contributed by atoms with Crippen LogP contribution in [0.2, 0.25) is 0 Å². The number of methoxy groups -OCH3 is 1. The number of nitrogens with one attached hydrogen (secondary N) is 1. The summed E-state index contributed by atoms with van der Waals surface area (Å²) in [6.07, 6.45) is 5.38. The van der Waals surface area contributed by atoms with E-state index < -0.39 is 11.5 Å². The number of nitrogens with zero attached hydrogens (tertiary/aromatic N) is 2. The van der Waals surface area contributed by atoms with E-state index in [0.717, 1.165) is 45.3 Å². The molecule has 0 bridgehead atoms. The van der Waals surface area contributed by atoms with E-state index in [4.69, 9.17) is 9.72 Å². The Morgan fingerprint density at radius 2 is 2.05 bits per heavy atom. The van der Waals surface area contributed by atoms with Crippen LogP contribution in [0.4, 0.5) is 0 Å². The molecule has 0 radical (unpaired) electrons. The van der Waals surface area contributed by atoms with Gasteiger partial charge in [-0.1, -0.05) is 32.0 Å². The van der Waals surface area contributed by atoms with Crippen LogP contribution in [0, 0.1) is 16.7 Å². The first kappa shape index (κ1) is 25.8. The average molecular weight is 522 g/mol. The largest absolute Gasteiger partial charge is 0.496 e. The average Bonchev–Trinajstić information content (AvgIpc) is 3.35. The van der Waals surface area contributed by atoms with Gasteiger partial charge in [-0.05, 0) is 48.8 Å². The molecular formula is C29H35N3O4S. The zero-order valence-corrected chi connectivity index (χ0v) is 22.4. The molecule has 7 nitrogen and oxygen atoms in total. The number of thiazole rings is 1. The highest BCUT2D eigenvalue weighted by Gasteiger charge is 2.59. The lowest BCUT2D eigenvalue weighted by Crippen LogP contribution is -2.57. The number of hydrogen-bond donors (Lipinski definition) is 3. The predicted molar refractivity (Wildman–Crippen MR) is 143 cm³/mol. The van der Waals surface area contributed by atoms with Gasteiger partial charge in [0.2, 0.25) is 5.91 Å². The lowest BCUT2D eigenvalue weighted by molar-refractivity contribution is -0.144. The molecule has 8 heteroatoms. The predicted octanol–water partition coefficient (Wildman–Crippen LogP) is 4.34. The molecule has 0 saturated heterocycles. The van der Waals surface area contributed by atoms with E-state index in [0.29, 0.717) is 19.4 Å². The molecule has 1 amide bonds. The van der Waals surface area contributed by atoms with Crippen LogP contribution in [0.15, 0.2) is 48.8 Å². The summed E-state index contributed by atoms with van der Waals surface area (Å²) in [6.45, 7) is 4.51. The minimum atomic E-state index is -0.644.